The highest BCUT2D eigenvalue weighted by atomic mass is 35.5. The fourth-order valence-electron chi connectivity index (χ4n) is 2.04. The monoisotopic (exact) mass is 244 g/mol. The average Bonchev–Trinajstić information content (AvgIpc) is 2.30. The van der Waals surface area contributed by atoms with E-state index in [0.717, 1.165) is 12.8 Å². The molecule has 16 heavy (non-hydrogen) atoms. The van der Waals surface area contributed by atoms with Gasteiger partial charge >= 0.3 is 0 Å². The zero-order valence-electron chi connectivity index (χ0n) is 8.83. The van der Waals surface area contributed by atoms with Gasteiger partial charge in [0.05, 0.1) is 12.7 Å². The van der Waals surface area contributed by atoms with Gasteiger partial charge in [0.2, 0.25) is 0 Å². The second-order valence-electron chi connectivity index (χ2n) is 4.06. The molecule has 0 saturated carbocycles. The summed E-state index contributed by atoms with van der Waals surface area (Å²) in [6.07, 6.45) is 0.855. The van der Waals surface area contributed by atoms with E-state index in [1.54, 1.807) is 6.07 Å². The minimum Gasteiger partial charge on any atom is -0.388 e. The molecule has 0 amide bonds. The molecule has 0 spiro atoms. The van der Waals surface area contributed by atoms with Crippen LogP contribution in [0.4, 0.5) is 4.39 Å². The maximum absolute atomic E-state index is 13.6. The molecule has 1 saturated heterocycles. The van der Waals surface area contributed by atoms with Crippen LogP contribution in [-0.2, 0) is 4.74 Å². The number of hydrogen-bond acceptors (Lipinski definition) is 2. The molecule has 1 fully saturated rings. The summed E-state index contributed by atoms with van der Waals surface area (Å²) in [5.41, 5.74) is 0.194. The van der Waals surface area contributed by atoms with Crippen LogP contribution in [0, 0.1) is 11.7 Å². The van der Waals surface area contributed by atoms with Crippen LogP contribution in [0.2, 0.25) is 5.02 Å². The molecule has 1 heterocycles. The number of rotatable bonds is 2. The standard InChI is InChI=1S/C12H14ClFO2/c13-9-4-1-5-10(14)11(9)12(15)8-3-2-6-16-7-8/h1,4-5,8,12,15H,2-3,6-7H2. The lowest BCUT2D eigenvalue weighted by Crippen LogP contribution is -2.24. The van der Waals surface area contributed by atoms with Crippen molar-refractivity contribution in [2.45, 2.75) is 18.9 Å². The predicted octanol–water partition coefficient (Wildman–Crippen LogP) is 2.94. The van der Waals surface area contributed by atoms with Gasteiger partial charge in [-0.05, 0) is 25.0 Å². The van der Waals surface area contributed by atoms with Gasteiger partial charge in [0, 0.05) is 23.1 Å². The second kappa shape index (κ2) is 5.13. The Kier molecular flexibility index (Phi) is 3.79. The van der Waals surface area contributed by atoms with Gasteiger partial charge in [-0.25, -0.2) is 4.39 Å². The van der Waals surface area contributed by atoms with E-state index in [2.05, 4.69) is 0 Å². The Morgan fingerprint density at radius 3 is 2.94 bits per heavy atom. The molecule has 2 rings (SSSR count). The Labute approximate surface area is 99.0 Å². The number of halogens is 2. The summed E-state index contributed by atoms with van der Waals surface area (Å²) < 4.78 is 18.8. The van der Waals surface area contributed by atoms with E-state index in [4.69, 9.17) is 16.3 Å². The van der Waals surface area contributed by atoms with Gasteiger partial charge in [-0.15, -0.1) is 0 Å². The molecule has 0 radical (unpaired) electrons. The molecule has 88 valence electrons. The lowest BCUT2D eigenvalue weighted by Gasteiger charge is -2.27. The van der Waals surface area contributed by atoms with Crippen LogP contribution in [0.25, 0.3) is 0 Å². The predicted molar refractivity (Wildman–Crippen MR) is 59.9 cm³/mol. The largest absolute Gasteiger partial charge is 0.388 e. The van der Waals surface area contributed by atoms with Crippen molar-refractivity contribution in [3.05, 3.63) is 34.6 Å². The Hall–Kier alpha value is -0.640. The zero-order valence-corrected chi connectivity index (χ0v) is 9.58. The molecule has 2 atom stereocenters. The maximum atomic E-state index is 13.6. The molecule has 0 aliphatic carbocycles. The van der Waals surface area contributed by atoms with Gasteiger partial charge < -0.3 is 9.84 Å². The van der Waals surface area contributed by atoms with Crippen LogP contribution in [0.5, 0.6) is 0 Å². The van der Waals surface area contributed by atoms with Crippen molar-refractivity contribution in [1.29, 1.82) is 0 Å². The van der Waals surface area contributed by atoms with Gasteiger partial charge in [0.15, 0.2) is 0 Å². The van der Waals surface area contributed by atoms with E-state index in [-0.39, 0.29) is 16.5 Å². The van der Waals surface area contributed by atoms with E-state index in [0.29, 0.717) is 13.2 Å². The average molecular weight is 245 g/mol. The quantitative estimate of drug-likeness (QED) is 0.867. The van der Waals surface area contributed by atoms with Crippen molar-refractivity contribution in [2.24, 2.45) is 5.92 Å². The molecule has 1 aromatic carbocycles. The van der Waals surface area contributed by atoms with E-state index in [9.17, 15) is 9.50 Å². The van der Waals surface area contributed by atoms with Crippen molar-refractivity contribution < 1.29 is 14.2 Å². The first kappa shape index (κ1) is 11.8. The van der Waals surface area contributed by atoms with Crippen LogP contribution in [0.15, 0.2) is 18.2 Å². The summed E-state index contributed by atoms with van der Waals surface area (Å²) in [7, 11) is 0. The van der Waals surface area contributed by atoms with Gasteiger partial charge in [0.25, 0.3) is 0 Å². The van der Waals surface area contributed by atoms with Crippen molar-refractivity contribution in [3.63, 3.8) is 0 Å². The van der Waals surface area contributed by atoms with Gasteiger partial charge in [0.1, 0.15) is 5.82 Å². The molecule has 0 bridgehead atoms. The summed E-state index contributed by atoms with van der Waals surface area (Å²) in [6, 6.07) is 4.44. The third-order valence-electron chi connectivity index (χ3n) is 2.94. The van der Waals surface area contributed by atoms with E-state index < -0.39 is 11.9 Å². The Balaban J connectivity index is 2.22. The van der Waals surface area contributed by atoms with Crippen LogP contribution in [0.1, 0.15) is 24.5 Å². The highest BCUT2D eigenvalue weighted by Gasteiger charge is 2.27. The number of hydrogen-bond donors (Lipinski definition) is 1. The van der Waals surface area contributed by atoms with Crippen molar-refractivity contribution in [2.75, 3.05) is 13.2 Å². The molecular formula is C12H14ClFO2. The van der Waals surface area contributed by atoms with Crippen molar-refractivity contribution >= 4 is 11.6 Å². The van der Waals surface area contributed by atoms with Gasteiger partial charge in [-0.3, -0.25) is 0 Å². The molecule has 1 N–H and O–H groups in total. The van der Waals surface area contributed by atoms with Crippen molar-refractivity contribution in [1.82, 2.24) is 0 Å². The fraction of sp³-hybridized carbons (Fsp3) is 0.500. The van der Waals surface area contributed by atoms with E-state index >= 15 is 0 Å². The van der Waals surface area contributed by atoms with Gasteiger partial charge in [-0.1, -0.05) is 17.7 Å². The first-order valence-electron chi connectivity index (χ1n) is 5.40. The normalized spacial score (nSPS) is 23.1. The van der Waals surface area contributed by atoms with E-state index in [1.807, 2.05) is 0 Å². The minimum absolute atomic E-state index is 0.0665. The van der Waals surface area contributed by atoms with Crippen LogP contribution >= 0.6 is 11.6 Å². The minimum atomic E-state index is -0.881. The maximum Gasteiger partial charge on any atom is 0.130 e. The molecule has 2 nitrogen and oxygen atoms in total. The van der Waals surface area contributed by atoms with Gasteiger partial charge in [-0.2, -0.15) is 0 Å². The Morgan fingerprint density at radius 2 is 2.31 bits per heavy atom. The molecule has 0 aromatic heterocycles. The molecule has 2 unspecified atom stereocenters. The summed E-state index contributed by atoms with van der Waals surface area (Å²) in [5.74, 6) is -0.520. The number of aliphatic hydroxyl groups is 1. The highest BCUT2D eigenvalue weighted by molar-refractivity contribution is 6.31. The smallest absolute Gasteiger partial charge is 0.130 e. The molecule has 1 aliphatic heterocycles. The highest BCUT2D eigenvalue weighted by Crippen LogP contribution is 2.34. The molecule has 1 aromatic rings. The zero-order chi connectivity index (χ0) is 11.5. The second-order valence-corrected chi connectivity index (χ2v) is 4.46. The Bertz CT molecular complexity index is 344. The summed E-state index contributed by atoms with van der Waals surface area (Å²) >= 11 is 5.90. The third-order valence-corrected chi connectivity index (χ3v) is 3.27. The first-order valence-corrected chi connectivity index (χ1v) is 5.77. The van der Waals surface area contributed by atoms with Crippen LogP contribution < -0.4 is 0 Å². The fourth-order valence-corrected chi connectivity index (χ4v) is 2.32. The molecule has 4 heteroatoms. The summed E-state index contributed by atoms with van der Waals surface area (Å²) in [4.78, 5) is 0. The SMILES string of the molecule is OC(c1c(F)cccc1Cl)C1CCCOC1. The Morgan fingerprint density at radius 1 is 1.50 bits per heavy atom. The molecule has 1 aliphatic rings. The summed E-state index contributed by atoms with van der Waals surface area (Å²) in [6.45, 7) is 1.18. The lowest BCUT2D eigenvalue weighted by molar-refractivity contribution is -0.0111. The molecular weight excluding hydrogens is 231 g/mol. The van der Waals surface area contributed by atoms with Crippen molar-refractivity contribution in [3.8, 4) is 0 Å². The first-order chi connectivity index (χ1) is 7.70. The number of benzene rings is 1. The number of aliphatic hydroxyl groups excluding tert-OH is 1. The van der Waals surface area contributed by atoms with E-state index in [1.165, 1.54) is 12.1 Å². The van der Waals surface area contributed by atoms with Crippen LogP contribution in [-0.4, -0.2) is 18.3 Å². The number of ether oxygens (including phenoxy) is 1. The third kappa shape index (κ3) is 2.37. The lowest BCUT2D eigenvalue weighted by atomic mass is 9.91. The summed E-state index contributed by atoms with van der Waals surface area (Å²) in [5, 5.41) is 10.4. The topological polar surface area (TPSA) is 29.5 Å². The van der Waals surface area contributed by atoms with Crippen LogP contribution in [0.3, 0.4) is 0 Å².